The van der Waals surface area contributed by atoms with Crippen LogP contribution in [0.4, 0.5) is 5.69 Å². The van der Waals surface area contributed by atoms with Crippen LogP contribution in [0.5, 0.6) is 0 Å². The molecule has 3 rings (SSSR count). The largest absolute Gasteiger partial charge is 0.464 e. The van der Waals surface area contributed by atoms with Gasteiger partial charge in [-0.3, -0.25) is 15.1 Å². The van der Waals surface area contributed by atoms with E-state index >= 15 is 0 Å². The number of ether oxygens (including phenoxy) is 1. The predicted octanol–water partition coefficient (Wildman–Crippen LogP) is 2.66. The second kappa shape index (κ2) is 9.24. The smallest absolute Gasteiger partial charge is 0.356 e. The minimum Gasteiger partial charge on any atom is -0.464 e. The zero-order valence-corrected chi connectivity index (χ0v) is 18.4. The molecule has 11 nitrogen and oxygen atoms in total. The van der Waals surface area contributed by atoms with E-state index in [9.17, 15) is 23.3 Å². The molecule has 0 spiro atoms. The number of nitrogens with zero attached hydrogens (tertiary/aromatic N) is 5. The summed E-state index contributed by atoms with van der Waals surface area (Å²) in [6.07, 6.45) is 3.10. The van der Waals surface area contributed by atoms with E-state index in [0.29, 0.717) is 11.3 Å². The second-order valence-corrected chi connectivity index (χ2v) is 8.46. The van der Waals surface area contributed by atoms with Gasteiger partial charge in [-0.15, -0.1) is 0 Å². The van der Waals surface area contributed by atoms with Crippen molar-refractivity contribution < 1.29 is 22.9 Å². The maximum absolute atomic E-state index is 13.3. The third-order valence-corrected chi connectivity index (χ3v) is 6.86. The molecule has 0 saturated carbocycles. The molecular formula is C20H21N5O6S. The summed E-state index contributed by atoms with van der Waals surface area (Å²) in [6, 6.07) is 8.19. The lowest BCUT2D eigenvalue weighted by Crippen LogP contribution is -2.31. The van der Waals surface area contributed by atoms with Crippen LogP contribution >= 0.6 is 0 Å². The average molecular weight is 459 g/mol. The molecule has 0 aliphatic rings. The molecule has 2 heterocycles. The Morgan fingerprint density at radius 3 is 2.38 bits per heavy atom. The average Bonchev–Trinajstić information content (AvgIpc) is 3.24. The van der Waals surface area contributed by atoms with Crippen LogP contribution in [0.15, 0.2) is 53.7 Å². The summed E-state index contributed by atoms with van der Waals surface area (Å²) < 4.78 is 33.8. The van der Waals surface area contributed by atoms with Crippen molar-refractivity contribution in [3.63, 3.8) is 0 Å². The fraction of sp³-hybridized carbons (Fsp3) is 0.250. The number of hydrogen-bond acceptors (Lipinski definition) is 8. The first-order valence-corrected chi connectivity index (χ1v) is 11.1. The van der Waals surface area contributed by atoms with E-state index in [1.54, 1.807) is 38.4 Å². The summed E-state index contributed by atoms with van der Waals surface area (Å²) in [5, 5.41) is 15.8. The van der Waals surface area contributed by atoms with Gasteiger partial charge in [0, 0.05) is 43.2 Å². The zero-order chi connectivity index (χ0) is 23.5. The fourth-order valence-corrected chi connectivity index (χ4v) is 4.83. The van der Waals surface area contributed by atoms with Crippen LogP contribution in [0, 0.1) is 10.1 Å². The summed E-state index contributed by atoms with van der Waals surface area (Å²) in [6.45, 7) is 3.64. The number of pyridine rings is 1. The molecule has 2 aromatic heterocycles. The number of benzene rings is 1. The molecule has 32 heavy (non-hydrogen) atoms. The highest BCUT2D eigenvalue weighted by Crippen LogP contribution is 2.30. The van der Waals surface area contributed by atoms with Crippen molar-refractivity contribution in [2.45, 2.75) is 18.7 Å². The van der Waals surface area contributed by atoms with Crippen LogP contribution in [-0.2, 0) is 14.8 Å². The van der Waals surface area contributed by atoms with Crippen molar-refractivity contribution in [3.05, 3.63) is 64.6 Å². The van der Waals surface area contributed by atoms with Gasteiger partial charge < -0.3 is 4.74 Å². The maximum Gasteiger partial charge on any atom is 0.356 e. The van der Waals surface area contributed by atoms with Crippen LogP contribution in [0.1, 0.15) is 24.3 Å². The Kier molecular flexibility index (Phi) is 6.65. The first-order valence-electron chi connectivity index (χ1n) is 9.62. The van der Waals surface area contributed by atoms with Crippen LogP contribution in [-0.4, -0.2) is 58.6 Å². The Balaban J connectivity index is 2.33. The van der Waals surface area contributed by atoms with Gasteiger partial charge in [0.2, 0.25) is 10.0 Å². The minimum absolute atomic E-state index is 0.0109. The Morgan fingerprint density at radius 1 is 1.16 bits per heavy atom. The molecule has 0 atom stereocenters. The van der Waals surface area contributed by atoms with Crippen LogP contribution in [0.3, 0.4) is 0 Å². The number of aromatic nitrogens is 3. The van der Waals surface area contributed by atoms with Gasteiger partial charge in [0.25, 0.3) is 5.69 Å². The molecule has 0 aliphatic heterocycles. The molecule has 0 amide bonds. The highest BCUT2D eigenvalue weighted by Gasteiger charge is 2.30. The summed E-state index contributed by atoms with van der Waals surface area (Å²) in [5.74, 6) is -0.748. The van der Waals surface area contributed by atoms with E-state index in [4.69, 9.17) is 4.74 Å². The Labute approximate surface area is 184 Å². The summed E-state index contributed by atoms with van der Waals surface area (Å²) in [7, 11) is -2.94. The van der Waals surface area contributed by atoms with E-state index in [1.807, 2.05) is 0 Å². The third-order valence-electron chi connectivity index (χ3n) is 4.79. The molecule has 0 unspecified atom stereocenters. The normalized spacial score (nSPS) is 11.5. The van der Waals surface area contributed by atoms with Gasteiger partial charge in [0.15, 0.2) is 5.69 Å². The molecule has 0 aliphatic carbocycles. The van der Waals surface area contributed by atoms with Gasteiger partial charge >= 0.3 is 5.97 Å². The molecule has 0 N–H and O–H groups in total. The number of methoxy groups -OCH3 is 1. The van der Waals surface area contributed by atoms with Crippen molar-refractivity contribution in [1.29, 1.82) is 0 Å². The number of nitro benzene ring substituents is 1. The van der Waals surface area contributed by atoms with E-state index in [0.717, 1.165) is 16.8 Å². The van der Waals surface area contributed by atoms with Gasteiger partial charge in [0.05, 0.1) is 23.4 Å². The molecule has 1 aromatic carbocycles. The Morgan fingerprint density at radius 2 is 1.81 bits per heavy atom. The fourth-order valence-electron chi connectivity index (χ4n) is 3.18. The zero-order valence-electron chi connectivity index (χ0n) is 17.6. The van der Waals surface area contributed by atoms with E-state index in [1.165, 1.54) is 23.5 Å². The van der Waals surface area contributed by atoms with Crippen molar-refractivity contribution in [3.8, 4) is 16.9 Å². The number of sulfonamides is 1. The number of nitro groups is 1. The van der Waals surface area contributed by atoms with Crippen molar-refractivity contribution in [2.75, 3.05) is 20.2 Å². The van der Waals surface area contributed by atoms with Crippen LogP contribution in [0.25, 0.3) is 16.9 Å². The lowest BCUT2D eigenvalue weighted by molar-refractivity contribution is -0.385. The predicted molar refractivity (Wildman–Crippen MR) is 115 cm³/mol. The Bertz CT molecular complexity index is 1250. The molecule has 3 aromatic rings. The van der Waals surface area contributed by atoms with Crippen molar-refractivity contribution >= 4 is 21.7 Å². The monoisotopic (exact) mass is 459 g/mol. The van der Waals surface area contributed by atoms with Gasteiger partial charge in [-0.25, -0.2) is 17.9 Å². The first-order chi connectivity index (χ1) is 15.2. The number of hydrogen-bond donors (Lipinski definition) is 0. The Hall–Kier alpha value is -3.64. The number of carbonyl (C=O) groups is 1. The molecular weight excluding hydrogens is 438 g/mol. The third kappa shape index (κ3) is 4.22. The van der Waals surface area contributed by atoms with Gasteiger partial charge in [-0.2, -0.15) is 9.40 Å². The van der Waals surface area contributed by atoms with Crippen LogP contribution in [0.2, 0.25) is 0 Å². The van der Waals surface area contributed by atoms with E-state index in [2.05, 4.69) is 10.1 Å². The lowest BCUT2D eigenvalue weighted by atomic mass is 10.2. The first kappa shape index (κ1) is 23.0. The van der Waals surface area contributed by atoms with Gasteiger partial charge in [-0.1, -0.05) is 13.8 Å². The molecule has 0 fully saturated rings. The molecule has 12 heteroatoms. The van der Waals surface area contributed by atoms with Crippen molar-refractivity contribution in [2.24, 2.45) is 0 Å². The van der Waals surface area contributed by atoms with Gasteiger partial charge in [-0.05, 0) is 24.3 Å². The van der Waals surface area contributed by atoms with Gasteiger partial charge in [0.1, 0.15) is 4.90 Å². The SMILES string of the molecule is CCN(CC)S(=O)(=O)c1cc([N+](=O)[O-])ccc1-n1nc(-c2ccncc2)cc1C(=O)OC. The molecule has 0 saturated heterocycles. The van der Waals surface area contributed by atoms with Crippen molar-refractivity contribution in [1.82, 2.24) is 19.1 Å². The number of esters is 1. The highest BCUT2D eigenvalue weighted by atomic mass is 32.2. The topological polar surface area (TPSA) is 138 Å². The number of carbonyl (C=O) groups excluding carboxylic acids is 1. The quantitative estimate of drug-likeness (QED) is 0.285. The molecule has 0 bridgehead atoms. The minimum atomic E-state index is -4.13. The standard InChI is InChI=1S/C20H21N5O6S/c1-4-23(5-2)32(29,30)19-12-15(25(27)28)6-7-17(19)24-18(20(26)31-3)13-16(22-24)14-8-10-21-11-9-14/h6-13H,4-5H2,1-3H3. The lowest BCUT2D eigenvalue weighted by Gasteiger charge is -2.20. The summed E-state index contributed by atoms with van der Waals surface area (Å²) >= 11 is 0. The molecule has 168 valence electrons. The maximum atomic E-state index is 13.3. The summed E-state index contributed by atoms with van der Waals surface area (Å²) in [5.41, 5.74) is 0.560. The number of non-ortho nitro benzene ring substituents is 1. The highest BCUT2D eigenvalue weighted by molar-refractivity contribution is 7.89. The van der Waals surface area contributed by atoms with Crippen LogP contribution < -0.4 is 0 Å². The van der Waals surface area contributed by atoms with E-state index < -0.39 is 26.6 Å². The second-order valence-electron chi connectivity index (χ2n) is 6.55. The molecule has 0 radical (unpaired) electrons. The van der Waals surface area contributed by atoms with E-state index in [-0.39, 0.29) is 29.4 Å². The summed E-state index contributed by atoms with van der Waals surface area (Å²) in [4.78, 5) is 26.7. The number of rotatable bonds is 8.